The van der Waals surface area contributed by atoms with Crippen LogP contribution in [-0.4, -0.2) is 40.6 Å². The van der Waals surface area contributed by atoms with Crippen molar-refractivity contribution < 1.29 is 4.74 Å². The molecule has 1 aliphatic rings. The van der Waals surface area contributed by atoms with E-state index in [-0.39, 0.29) is 0 Å². The zero-order valence-corrected chi connectivity index (χ0v) is 10.0. The van der Waals surface area contributed by atoms with Crippen LogP contribution in [0.2, 0.25) is 0 Å². The van der Waals surface area contributed by atoms with E-state index in [1.54, 1.807) is 13.4 Å². The molecular formula is C11H20N4O. The number of aromatic nitrogens is 3. The maximum absolute atomic E-state index is 5.19. The summed E-state index contributed by atoms with van der Waals surface area (Å²) in [6.07, 6.45) is 4.89. The number of hydrogen-bond donors (Lipinski definition) is 1. The number of nitrogens with zero attached hydrogens (tertiary/aromatic N) is 3. The van der Waals surface area contributed by atoms with Crippen molar-refractivity contribution in [2.24, 2.45) is 0 Å². The molecule has 0 saturated carbocycles. The van der Waals surface area contributed by atoms with Gasteiger partial charge in [0, 0.05) is 25.6 Å². The van der Waals surface area contributed by atoms with Crippen molar-refractivity contribution in [2.75, 3.05) is 13.7 Å². The van der Waals surface area contributed by atoms with E-state index < -0.39 is 0 Å². The van der Waals surface area contributed by atoms with Crippen LogP contribution < -0.4 is 5.32 Å². The molecule has 5 heteroatoms. The molecular weight excluding hydrogens is 204 g/mol. The minimum atomic E-state index is 0.445. The van der Waals surface area contributed by atoms with Crippen LogP contribution in [0.5, 0.6) is 0 Å². The Morgan fingerprint density at radius 1 is 1.69 bits per heavy atom. The molecule has 2 atom stereocenters. The van der Waals surface area contributed by atoms with Gasteiger partial charge in [-0.2, -0.15) is 5.10 Å². The van der Waals surface area contributed by atoms with Gasteiger partial charge in [-0.3, -0.25) is 0 Å². The quantitative estimate of drug-likeness (QED) is 0.796. The second-order valence-corrected chi connectivity index (χ2v) is 4.32. The maximum atomic E-state index is 5.19. The highest BCUT2D eigenvalue weighted by Crippen LogP contribution is 2.12. The molecule has 1 aromatic rings. The van der Waals surface area contributed by atoms with Crippen LogP contribution in [0.15, 0.2) is 6.33 Å². The molecule has 0 bridgehead atoms. The Morgan fingerprint density at radius 2 is 2.56 bits per heavy atom. The molecule has 16 heavy (non-hydrogen) atoms. The summed E-state index contributed by atoms with van der Waals surface area (Å²) in [6.45, 7) is 3.88. The number of fused-ring (bicyclic) bond motifs is 1. The summed E-state index contributed by atoms with van der Waals surface area (Å²) >= 11 is 0. The van der Waals surface area contributed by atoms with Gasteiger partial charge in [-0.15, -0.1) is 0 Å². The molecule has 1 N–H and O–H groups in total. The lowest BCUT2D eigenvalue weighted by atomic mass is 10.1. The summed E-state index contributed by atoms with van der Waals surface area (Å²) in [4.78, 5) is 4.23. The molecule has 0 saturated heterocycles. The van der Waals surface area contributed by atoms with Crippen LogP contribution >= 0.6 is 0 Å². The molecule has 1 aromatic heterocycles. The van der Waals surface area contributed by atoms with E-state index in [4.69, 9.17) is 4.74 Å². The Balaban J connectivity index is 1.88. The first-order valence-electron chi connectivity index (χ1n) is 5.95. The Morgan fingerprint density at radius 3 is 3.31 bits per heavy atom. The Hall–Kier alpha value is -0.940. The van der Waals surface area contributed by atoms with Gasteiger partial charge in [0.25, 0.3) is 0 Å². The highest BCUT2D eigenvalue weighted by molar-refractivity contribution is 4.92. The first-order chi connectivity index (χ1) is 7.83. The van der Waals surface area contributed by atoms with Crippen molar-refractivity contribution in [1.82, 2.24) is 20.1 Å². The van der Waals surface area contributed by atoms with Gasteiger partial charge in [-0.1, -0.05) is 6.92 Å². The number of rotatable bonds is 5. The van der Waals surface area contributed by atoms with Gasteiger partial charge in [0.15, 0.2) is 0 Å². The number of aryl methyl sites for hydroxylation is 1. The van der Waals surface area contributed by atoms with Crippen LogP contribution in [0.4, 0.5) is 0 Å². The van der Waals surface area contributed by atoms with Crippen LogP contribution in [0, 0.1) is 0 Å². The summed E-state index contributed by atoms with van der Waals surface area (Å²) in [6, 6.07) is 0.939. The van der Waals surface area contributed by atoms with Gasteiger partial charge in [-0.25, -0.2) is 9.67 Å². The minimum absolute atomic E-state index is 0.445. The van der Waals surface area contributed by atoms with E-state index in [0.29, 0.717) is 12.1 Å². The molecule has 90 valence electrons. The second kappa shape index (κ2) is 5.41. The summed E-state index contributed by atoms with van der Waals surface area (Å²) in [5, 5.41) is 7.84. The van der Waals surface area contributed by atoms with Gasteiger partial charge >= 0.3 is 0 Å². The molecule has 0 radical (unpaired) electrons. The molecule has 0 fully saturated rings. The molecule has 0 amide bonds. The molecule has 0 aromatic carbocycles. The molecule has 2 heterocycles. The largest absolute Gasteiger partial charge is 0.383 e. The smallest absolute Gasteiger partial charge is 0.138 e. The first-order valence-corrected chi connectivity index (χ1v) is 5.95. The summed E-state index contributed by atoms with van der Waals surface area (Å²) in [7, 11) is 1.75. The summed E-state index contributed by atoms with van der Waals surface area (Å²) < 4.78 is 7.19. The lowest BCUT2D eigenvalue weighted by Crippen LogP contribution is -2.45. The first kappa shape index (κ1) is 11.5. The van der Waals surface area contributed by atoms with E-state index >= 15 is 0 Å². The van der Waals surface area contributed by atoms with Crippen LogP contribution in [0.3, 0.4) is 0 Å². The van der Waals surface area contributed by atoms with Crippen molar-refractivity contribution in [2.45, 2.75) is 44.8 Å². The van der Waals surface area contributed by atoms with Crippen LogP contribution in [0.1, 0.15) is 25.6 Å². The standard InChI is InChI=1S/C11H20N4O/c1-3-9(7-16-2)14-10-4-5-11-12-8-13-15(11)6-10/h8-10,14H,3-7H2,1-2H3. The Bertz CT molecular complexity index is 326. The predicted molar refractivity (Wildman–Crippen MR) is 61.2 cm³/mol. The van der Waals surface area contributed by atoms with Crippen molar-refractivity contribution >= 4 is 0 Å². The predicted octanol–water partition coefficient (Wildman–Crippen LogP) is 0.607. The van der Waals surface area contributed by atoms with Crippen molar-refractivity contribution in [1.29, 1.82) is 0 Å². The van der Waals surface area contributed by atoms with Gasteiger partial charge in [-0.05, 0) is 12.8 Å². The fourth-order valence-corrected chi connectivity index (χ4v) is 2.19. The van der Waals surface area contributed by atoms with E-state index in [1.165, 1.54) is 0 Å². The Kier molecular flexibility index (Phi) is 3.90. The van der Waals surface area contributed by atoms with Crippen molar-refractivity contribution in [3.8, 4) is 0 Å². The lowest BCUT2D eigenvalue weighted by molar-refractivity contribution is 0.153. The number of methoxy groups -OCH3 is 1. The zero-order chi connectivity index (χ0) is 11.4. The molecule has 1 aliphatic heterocycles. The lowest BCUT2D eigenvalue weighted by Gasteiger charge is -2.27. The highest BCUT2D eigenvalue weighted by atomic mass is 16.5. The molecule has 2 unspecified atom stereocenters. The normalized spacial score (nSPS) is 21.8. The fourth-order valence-electron chi connectivity index (χ4n) is 2.19. The second-order valence-electron chi connectivity index (χ2n) is 4.32. The zero-order valence-electron chi connectivity index (χ0n) is 10.0. The third kappa shape index (κ3) is 2.59. The SMILES string of the molecule is CCC(COC)NC1CCc2ncnn2C1. The van der Waals surface area contributed by atoms with E-state index in [0.717, 1.165) is 38.2 Å². The Labute approximate surface area is 96.2 Å². The number of hydrogen-bond acceptors (Lipinski definition) is 4. The monoisotopic (exact) mass is 224 g/mol. The molecule has 0 aliphatic carbocycles. The molecule has 2 rings (SSSR count). The van der Waals surface area contributed by atoms with Crippen molar-refractivity contribution in [3.63, 3.8) is 0 Å². The van der Waals surface area contributed by atoms with E-state index in [1.807, 2.05) is 4.68 Å². The van der Waals surface area contributed by atoms with Gasteiger partial charge in [0.1, 0.15) is 12.2 Å². The minimum Gasteiger partial charge on any atom is -0.383 e. The average molecular weight is 224 g/mol. The maximum Gasteiger partial charge on any atom is 0.138 e. The topological polar surface area (TPSA) is 52.0 Å². The third-order valence-electron chi connectivity index (χ3n) is 3.14. The molecule has 5 nitrogen and oxygen atoms in total. The highest BCUT2D eigenvalue weighted by Gasteiger charge is 2.21. The van der Waals surface area contributed by atoms with Gasteiger partial charge in [0.05, 0.1) is 13.2 Å². The van der Waals surface area contributed by atoms with Crippen LogP contribution in [0.25, 0.3) is 0 Å². The van der Waals surface area contributed by atoms with E-state index in [2.05, 4.69) is 22.3 Å². The van der Waals surface area contributed by atoms with E-state index in [9.17, 15) is 0 Å². The van der Waals surface area contributed by atoms with Gasteiger partial charge < -0.3 is 10.1 Å². The third-order valence-corrected chi connectivity index (χ3v) is 3.14. The van der Waals surface area contributed by atoms with Gasteiger partial charge in [0.2, 0.25) is 0 Å². The molecule has 0 spiro atoms. The summed E-state index contributed by atoms with van der Waals surface area (Å²) in [5.74, 6) is 1.11. The number of nitrogens with one attached hydrogen (secondary N) is 1. The number of ether oxygens (including phenoxy) is 1. The fraction of sp³-hybridized carbons (Fsp3) is 0.818. The summed E-state index contributed by atoms with van der Waals surface area (Å²) in [5.41, 5.74) is 0. The van der Waals surface area contributed by atoms with Crippen LogP contribution in [-0.2, 0) is 17.7 Å². The average Bonchev–Trinajstić information content (AvgIpc) is 2.75. The van der Waals surface area contributed by atoms with Crippen molar-refractivity contribution in [3.05, 3.63) is 12.2 Å².